The van der Waals surface area contributed by atoms with E-state index in [1.165, 1.54) is 6.07 Å². The van der Waals surface area contributed by atoms with Crippen molar-refractivity contribution in [2.75, 3.05) is 5.32 Å². The smallest absolute Gasteiger partial charge is 0.273 e. The summed E-state index contributed by atoms with van der Waals surface area (Å²) in [6.07, 6.45) is 0. The molecule has 3 aromatic rings. The van der Waals surface area contributed by atoms with Crippen LogP contribution in [0.1, 0.15) is 10.5 Å². The first-order valence-electron chi connectivity index (χ1n) is 6.35. The molecule has 6 heteroatoms. The number of H-pyrrole nitrogens is 1. The Bertz CT molecular complexity index is 1000. The summed E-state index contributed by atoms with van der Waals surface area (Å²) < 4.78 is 25.8. The van der Waals surface area contributed by atoms with E-state index in [9.17, 15) is 13.2 Å². The summed E-state index contributed by atoms with van der Waals surface area (Å²) in [5.74, 6) is -0.449. The molecule has 0 aliphatic carbocycles. The maximum absolute atomic E-state index is 12.9. The van der Waals surface area contributed by atoms with Crippen molar-refractivity contribution in [1.82, 2.24) is 4.98 Å². The molecule has 0 atom stereocenters. The Morgan fingerprint density at radius 3 is 2.48 bits per heavy atom. The van der Waals surface area contributed by atoms with E-state index in [1.807, 2.05) is 0 Å². The van der Waals surface area contributed by atoms with Gasteiger partial charge in [0.15, 0.2) is 0 Å². The van der Waals surface area contributed by atoms with Gasteiger partial charge in [0.05, 0.1) is 10.6 Å². The average molecular weight is 298 g/mol. The summed E-state index contributed by atoms with van der Waals surface area (Å²) in [6, 6.07) is 13.4. The highest BCUT2D eigenvalue weighted by atomic mass is 32.2. The summed E-state index contributed by atoms with van der Waals surface area (Å²) in [6.45, 7) is 0. The number of carbonyl (C=O) groups excluding carboxylic acids is 1. The molecule has 0 bridgehead atoms. The number of sulfone groups is 1. The molecule has 104 valence electrons. The largest absolute Gasteiger partial charge is 0.349 e. The number of benzene rings is 2. The van der Waals surface area contributed by atoms with Crippen molar-refractivity contribution in [2.24, 2.45) is 0 Å². The van der Waals surface area contributed by atoms with E-state index in [0.29, 0.717) is 16.6 Å². The van der Waals surface area contributed by atoms with Gasteiger partial charge < -0.3 is 10.3 Å². The van der Waals surface area contributed by atoms with E-state index in [4.69, 9.17) is 0 Å². The third-order valence-electron chi connectivity index (χ3n) is 3.58. The first-order valence-corrected chi connectivity index (χ1v) is 7.83. The van der Waals surface area contributed by atoms with Gasteiger partial charge in [-0.1, -0.05) is 30.3 Å². The van der Waals surface area contributed by atoms with Crippen LogP contribution >= 0.6 is 0 Å². The van der Waals surface area contributed by atoms with Gasteiger partial charge in [-0.2, -0.15) is 0 Å². The van der Waals surface area contributed by atoms with Crippen LogP contribution in [-0.4, -0.2) is 19.3 Å². The van der Waals surface area contributed by atoms with Crippen molar-refractivity contribution < 1.29 is 13.2 Å². The number of amides is 1. The maximum Gasteiger partial charge on any atom is 0.273 e. The fourth-order valence-electron chi connectivity index (χ4n) is 2.65. The van der Waals surface area contributed by atoms with Crippen molar-refractivity contribution in [3.8, 4) is 0 Å². The zero-order chi connectivity index (χ0) is 14.6. The number of aromatic nitrogens is 1. The molecule has 1 aliphatic rings. The molecule has 0 spiro atoms. The zero-order valence-electron chi connectivity index (χ0n) is 10.8. The van der Waals surface area contributed by atoms with Gasteiger partial charge in [-0.3, -0.25) is 4.79 Å². The van der Waals surface area contributed by atoms with Crippen LogP contribution in [0.25, 0.3) is 10.9 Å². The molecule has 5 nitrogen and oxygen atoms in total. The van der Waals surface area contributed by atoms with Gasteiger partial charge in [-0.15, -0.1) is 0 Å². The number of hydrogen-bond donors (Lipinski definition) is 2. The van der Waals surface area contributed by atoms with E-state index < -0.39 is 15.7 Å². The van der Waals surface area contributed by atoms with E-state index in [-0.39, 0.29) is 15.5 Å². The zero-order valence-corrected chi connectivity index (χ0v) is 11.6. The summed E-state index contributed by atoms with van der Waals surface area (Å²) in [5, 5.41) is 3.17. The van der Waals surface area contributed by atoms with Crippen molar-refractivity contribution in [2.45, 2.75) is 9.79 Å². The second-order valence-electron chi connectivity index (χ2n) is 4.83. The third-order valence-corrected chi connectivity index (χ3v) is 5.48. The molecule has 1 amide bonds. The van der Waals surface area contributed by atoms with Gasteiger partial charge in [0.2, 0.25) is 9.84 Å². The number of aromatic amines is 1. The highest BCUT2D eigenvalue weighted by molar-refractivity contribution is 7.92. The number of nitrogens with one attached hydrogen (secondary N) is 2. The molecule has 21 heavy (non-hydrogen) atoms. The molecule has 0 saturated heterocycles. The van der Waals surface area contributed by atoms with Crippen LogP contribution in [0.15, 0.2) is 58.3 Å². The van der Waals surface area contributed by atoms with Gasteiger partial charge >= 0.3 is 0 Å². The SMILES string of the molecule is O=C1Nc2ccccc2S(=O)(=O)c2c1[nH]c1ccccc21. The second kappa shape index (κ2) is 3.95. The molecule has 1 aromatic heterocycles. The van der Waals surface area contributed by atoms with Crippen LogP contribution < -0.4 is 5.32 Å². The van der Waals surface area contributed by atoms with Gasteiger partial charge in [0.25, 0.3) is 5.91 Å². The third kappa shape index (κ3) is 1.56. The maximum atomic E-state index is 12.9. The number of hydrogen-bond acceptors (Lipinski definition) is 3. The molecule has 1 aliphatic heterocycles. The molecule has 0 radical (unpaired) electrons. The molecule has 0 unspecified atom stereocenters. The standard InChI is InChI=1S/C15H10N2O3S/c18-15-13-14(9-5-1-2-6-10(9)16-13)21(19,20)12-8-4-3-7-11(12)17-15/h1-8,16H,(H,17,18). The summed E-state index contributed by atoms with van der Waals surface area (Å²) in [7, 11) is -3.77. The fourth-order valence-corrected chi connectivity index (χ4v) is 4.42. The van der Waals surface area contributed by atoms with Crippen molar-refractivity contribution in [3.05, 3.63) is 54.2 Å². The average Bonchev–Trinajstić information content (AvgIpc) is 2.84. The Morgan fingerprint density at radius 2 is 1.62 bits per heavy atom. The van der Waals surface area contributed by atoms with E-state index in [0.717, 1.165) is 0 Å². The van der Waals surface area contributed by atoms with E-state index in [1.54, 1.807) is 42.5 Å². The van der Waals surface area contributed by atoms with Crippen molar-refractivity contribution >= 4 is 32.3 Å². The molecular weight excluding hydrogens is 288 g/mol. The number of para-hydroxylation sites is 2. The molecule has 4 rings (SSSR count). The summed E-state index contributed by atoms with van der Waals surface area (Å²) >= 11 is 0. The van der Waals surface area contributed by atoms with Crippen molar-refractivity contribution in [1.29, 1.82) is 0 Å². The summed E-state index contributed by atoms with van der Waals surface area (Å²) in [4.78, 5) is 15.4. The lowest BCUT2D eigenvalue weighted by molar-refractivity contribution is 0.102. The van der Waals surface area contributed by atoms with E-state index in [2.05, 4.69) is 10.3 Å². The second-order valence-corrected chi connectivity index (χ2v) is 6.68. The molecular formula is C15H10N2O3S. The predicted molar refractivity (Wildman–Crippen MR) is 78.1 cm³/mol. The minimum Gasteiger partial charge on any atom is -0.349 e. The minimum absolute atomic E-state index is 0.0422. The molecule has 0 saturated carbocycles. The lowest BCUT2D eigenvalue weighted by Crippen LogP contribution is -2.11. The topological polar surface area (TPSA) is 79.0 Å². The Labute approximate surface area is 120 Å². The van der Waals surface area contributed by atoms with Crippen LogP contribution in [0.5, 0.6) is 0 Å². The predicted octanol–water partition coefficient (Wildman–Crippen LogP) is 2.57. The number of rotatable bonds is 0. The number of anilines is 1. The Morgan fingerprint density at radius 1 is 0.905 bits per heavy atom. The number of fused-ring (bicyclic) bond motifs is 4. The normalized spacial score (nSPS) is 15.9. The van der Waals surface area contributed by atoms with Crippen molar-refractivity contribution in [3.63, 3.8) is 0 Å². The first-order chi connectivity index (χ1) is 10.1. The monoisotopic (exact) mass is 298 g/mol. The van der Waals surface area contributed by atoms with Crippen LogP contribution in [0.4, 0.5) is 5.69 Å². The van der Waals surface area contributed by atoms with Gasteiger partial charge in [-0.25, -0.2) is 8.42 Å². The molecule has 2 heterocycles. The Balaban J connectivity index is 2.20. The van der Waals surface area contributed by atoms with Crippen LogP contribution in [-0.2, 0) is 9.84 Å². The van der Waals surface area contributed by atoms with E-state index >= 15 is 0 Å². The van der Waals surface area contributed by atoms with Gasteiger partial charge in [-0.05, 0) is 18.2 Å². The van der Waals surface area contributed by atoms with Crippen LogP contribution in [0.3, 0.4) is 0 Å². The quantitative estimate of drug-likeness (QED) is 0.669. The molecule has 0 fully saturated rings. The van der Waals surface area contributed by atoms with Crippen LogP contribution in [0.2, 0.25) is 0 Å². The lowest BCUT2D eigenvalue weighted by Gasteiger charge is -2.06. The Hall–Kier alpha value is -2.60. The van der Waals surface area contributed by atoms with Gasteiger partial charge in [0.1, 0.15) is 10.6 Å². The Kier molecular flexibility index (Phi) is 2.29. The number of carbonyl (C=O) groups is 1. The lowest BCUT2D eigenvalue weighted by atomic mass is 10.2. The molecule has 2 N–H and O–H groups in total. The first kappa shape index (κ1) is 12.2. The highest BCUT2D eigenvalue weighted by Crippen LogP contribution is 2.37. The minimum atomic E-state index is -3.77. The van der Waals surface area contributed by atoms with Crippen LogP contribution in [0, 0.1) is 0 Å². The highest BCUT2D eigenvalue weighted by Gasteiger charge is 2.34. The molecule has 2 aromatic carbocycles. The van der Waals surface area contributed by atoms with Gasteiger partial charge in [0, 0.05) is 10.9 Å². The summed E-state index contributed by atoms with van der Waals surface area (Å²) in [5.41, 5.74) is 1.00. The fraction of sp³-hybridized carbons (Fsp3) is 0.